The van der Waals surface area contributed by atoms with Crippen molar-refractivity contribution in [3.8, 4) is 28.5 Å². The van der Waals surface area contributed by atoms with Gasteiger partial charge in [0, 0.05) is 16.8 Å². The second kappa shape index (κ2) is 6.34. The summed E-state index contributed by atoms with van der Waals surface area (Å²) in [4.78, 5) is 15.5. The van der Waals surface area contributed by atoms with Crippen LogP contribution in [-0.4, -0.2) is 4.98 Å². The van der Waals surface area contributed by atoms with E-state index in [-0.39, 0.29) is 11.1 Å². The maximum absolute atomic E-state index is 12.6. The number of hydrogen-bond acceptors (Lipinski definition) is 2. The molecule has 124 valence electrons. The number of aromatic amines is 1. The Morgan fingerprint density at radius 2 is 1.54 bits per heavy atom. The molecule has 0 amide bonds. The molecular weight excluding hydrogens is 320 g/mol. The number of pyridine rings is 1. The van der Waals surface area contributed by atoms with Crippen LogP contribution in [0, 0.1) is 18.3 Å². The predicted octanol–water partition coefficient (Wildman–Crippen LogP) is 5.04. The number of hydrogen-bond donors (Lipinski definition) is 1. The first-order valence-electron chi connectivity index (χ1n) is 8.40. The number of aromatic nitrogens is 1. The minimum atomic E-state index is -0.365. The Morgan fingerprint density at radius 1 is 0.846 bits per heavy atom. The van der Waals surface area contributed by atoms with Crippen LogP contribution in [-0.2, 0) is 0 Å². The van der Waals surface area contributed by atoms with Crippen molar-refractivity contribution in [2.75, 3.05) is 0 Å². The molecule has 1 N–H and O–H groups in total. The lowest BCUT2D eigenvalue weighted by molar-refractivity contribution is 1.22. The molecule has 3 heteroatoms. The van der Waals surface area contributed by atoms with Crippen LogP contribution in [0.15, 0.2) is 77.6 Å². The second-order valence-electron chi connectivity index (χ2n) is 6.25. The highest BCUT2D eigenvalue weighted by molar-refractivity contribution is 5.96. The van der Waals surface area contributed by atoms with Gasteiger partial charge in [0.25, 0.3) is 5.56 Å². The Kier molecular flexibility index (Phi) is 3.87. The molecule has 1 aromatic heterocycles. The molecule has 0 aliphatic heterocycles. The van der Waals surface area contributed by atoms with Gasteiger partial charge < -0.3 is 4.98 Å². The van der Waals surface area contributed by atoms with Gasteiger partial charge in [0.05, 0.1) is 0 Å². The highest BCUT2D eigenvalue weighted by atomic mass is 16.1. The average Bonchev–Trinajstić information content (AvgIpc) is 2.67. The summed E-state index contributed by atoms with van der Waals surface area (Å²) in [6, 6.07) is 25.8. The summed E-state index contributed by atoms with van der Waals surface area (Å²) in [7, 11) is 0. The number of fused-ring (bicyclic) bond motifs is 1. The van der Waals surface area contributed by atoms with Crippen LogP contribution >= 0.6 is 0 Å². The number of aryl methyl sites for hydroxylation is 1. The van der Waals surface area contributed by atoms with E-state index in [1.165, 1.54) is 0 Å². The quantitative estimate of drug-likeness (QED) is 0.557. The summed E-state index contributed by atoms with van der Waals surface area (Å²) in [6.45, 7) is 1.98. The third kappa shape index (κ3) is 2.58. The van der Waals surface area contributed by atoms with E-state index in [2.05, 4.69) is 11.1 Å². The molecule has 4 aromatic rings. The fourth-order valence-electron chi connectivity index (χ4n) is 3.36. The second-order valence-corrected chi connectivity index (χ2v) is 6.25. The molecule has 0 radical (unpaired) electrons. The van der Waals surface area contributed by atoms with Gasteiger partial charge in [0.2, 0.25) is 0 Å². The first-order chi connectivity index (χ1) is 12.7. The third-order valence-corrected chi connectivity index (χ3v) is 4.66. The summed E-state index contributed by atoms with van der Waals surface area (Å²) in [5.41, 5.74) is 4.02. The fourth-order valence-corrected chi connectivity index (χ4v) is 3.36. The fraction of sp³-hybridized carbons (Fsp3) is 0.0435. The van der Waals surface area contributed by atoms with Crippen LogP contribution in [0.3, 0.4) is 0 Å². The van der Waals surface area contributed by atoms with Crippen LogP contribution in [0.2, 0.25) is 0 Å². The minimum absolute atomic E-state index is 0.142. The van der Waals surface area contributed by atoms with E-state index in [9.17, 15) is 10.1 Å². The molecule has 0 aliphatic carbocycles. The van der Waals surface area contributed by atoms with Crippen molar-refractivity contribution in [2.45, 2.75) is 6.92 Å². The van der Waals surface area contributed by atoms with Crippen molar-refractivity contribution in [3.05, 3.63) is 94.3 Å². The van der Waals surface area contributed by atoms with E-state index >= 15 is 0 Å². The zero-order valence-corrected chi connectivity index (χ0v) is 14.3. The summed E-state index contributed by atoms with van der Waals surface area (Å²) in [6.07, 6.45) is 0. The monoisotopic (exact) mass is 336 g/mol. The van der Waals surface area contributed by atoms with Gasteiger partial charge in [-0.3, -0.25) is 4.79 Å². The lowest BCUT2D eigenvalue weighted by Gasteiger charge is -2.12. The van der Waals surface area contributed by atoms with Crippen molar-refractivity contribution in [1.82, 2.24) is 4.98 Å². The van der Waals surface area contributed by atoms with E-state index in [1.54, 1.807) is 0 Å². The normalized spacial score (nSPS) is 10.6. The molecule has 0 spiro atoms. The topological polar surface area (TPSA) is 56.6 Å². The largest absolute Gasteiger partial charge is 0.321 e. The predicted molar refractivity (Wildman–Crippen MR) is 105 cm³/mol. The molecule has 0 saturated heterocycles. The van der Waals surface area contributed by atoms with Crippen LogP contribution < -0.4 is 5.56 Å². The number of nitrogens with zero attached hydrogens (tertiary/aromatic N) is 1. The van der Waals surface area contributed by atoms with E-state index in [4.69, 9.17) is 0 Å². The van der Waals surface area contributed by atoms with Crippen molar-refractivity contribution in [3.63, 3.8) is 0 Å². The van der Waals surface area contributed by atoms with E-state index in [0.29, 0.717) is 11.3 Å². The van der Waals surface area contributed by atoms with Crippen LogP contribution in [0.4, 0.5) is 0 Å². The van der Waals surface area contributed by atoms with Gasteiger partial charge in [-0.2, -0.15) is 5.26 Å². The molecule has 26 heavy (non-hydrogen) atoms. The number of H-pyrrole nitrogens is 1. The number of nitriles is 1. The third-order valence-electron chi connectivity index (χ3n) is 4.66. The lowest BCUT2D eigenvalue weighted by Crippen LogP contribution is -2.13. The summed E-state index contributed by atoms with van der Waals surface area (Å²) >= 11 is 0. The molecule has 0 aliphatic rings. The molecule has 0 unspecified atom stereocenters. The Hall–Kier alpha value is -3.64. The molecule has 0 atom stereocenters. The summed E-state index contributed by atoms with van der Waals surface area (Å²) < 4.78 is 0. The first-order valence-corrected chi connectivity index (χ1v) is 8.40. The van der Waals surface area contributed by atoms with E-state index in [0.717, 1.165) is 27.5 Å². The van der Waals surface area contributed by atoms with E-state index < -0.39 is 0 Å². The Bertz CT molecular complexity index is 1220. The Morgan fingerprint density at radius 3 is 2.35 bits per heavy atom. The molecule has 1 heterocycles. The van der Waals surface area contributed by atoms with Crippen LogP contribution in [0.1, 0.15) is 11.1 Å². The van der Waals surface area contributed by atoms with E-state index in [1.807, 2.05) is 79.7 Å². The molecule has 0 saturated carbocycles. The van der Waals surface area contributed by atoms with Gasteiger partial charge in [0.15, 0.2) is 0 Å². The Labute approximate surface area is 151 Å². The van der Waals surface area contributed by atoms with Crippen LogP contribution in [0.25, 0.3) is 33.2 Å². The minimum Gasteiger partial charge on any atom is -0.321 e. The molecular formula is C23H16N2O. The average molecular weight is 336 g/mol. The van der Waals surface area contributed by atoms with Gasteiger partial charge >= 0.3 is 0 Å². The SMILES string of the molecule is Cc1ccccc1-c1cc(-c2cccc3ccccc23)[nH]c(=O)c1C#N. The molecule has 4 rings (SSSR count). The van der Waals surface area contributed by atoms with Crippen molar-refractivity contribution >= 4 is 10.8 Å². The van der Waals surface area contributed by atoms with Crippen molar-refractivity contribution < 1.29 is 0 Å². The zero-order valence-electron chi connectivity index (χ0n) is 14.3. The van der Waals surface area contributed by atoms with Gasteiger partial charge in [-0.1, -0.05) is 66.7 Å². The Balaban J connectivity index is 2.05. The maximum atomic E-state index is 12.6. The highest BCUT2D eigenvalue weighted by Crippen LogP contribution is 2.31. The smallest absolute Gasteiger partial charge is 0.266 e. The molecule has 0 fully saturated rings. The maximum Gasteiger partial charge on any atom is 0.266 e. The van der Waals surface area contributed by atoms with Crippen molar-refractivity contribution in [2.24, 2.45) is 0 Å². The van der Waals surface area contributed by atoms with Gasteiger partial charge in [-0.25, -0.2) is 0 Å². The van der Waals surface area contributed by atoms with Crippen molar-refractivity contribution in [1.29, 1.82) is 5.26 Å². The summed E-state index contributed by atoms with van der Waals surface area (Å²) in [5.74, 6) is 0. The van der Waals surface area contributed by atoms with Crippen LogP contribution in [0.5, 0.6) is 0 Å². The van der Waals surface area contributed by atoms with Gasteiger partial charge in [-0.05, 0) is 34.9 Å². The molecule has 3 aromatic carbocycles. The highest BCUT2D eigenvalue weighted by Gasteiger charge is 2.14. The van der Waals surface area contributed by atoms with Gasteiger partial charge in [-0.15, -0.1) is 0 Å². The molecule has 3 nitrogen and oxygen atoms in total. The zero-order chi connectivity index (χ0) is 18.1. The molecule has 0 bridgehead atoms. The number of nitrogens with one attached hydrogen (secondary N) is 1. The lowest BCUT2D eigenvalue weighted by atomic mass is 9.94. The first kappa shape index (κ1) is 15.9. The number of rotatable bonds is 2. The van der Waals surface area contributed by atoms with Gasteiger partial charge in [0.1, 0.15) is 11.6 Å². The number of benzene rings is 3. The standard InChI is InChI=1S/C23H16N2O/c1-15-7-2-4-10-17(15)20-13-22(25-23(26)21(20)14-24)19-12-6-9-16-8-3-5-11-18(16)19/h2-13H,1H3,(H,25,26). The summed E-state index contributed by atoms with van der Waals surface area (Å²) in [5, 5.41) is 11.7.